The summed E-state index contributed by atoms with van der Waals surface area (Å²) in [5.41, 5.74) is 8.35. The van der Waals surface area contributed by atoms with Gasteiger partial charge in [-0.15, -0.1) is 0 Å². The predicted octanol–water partition coefficient (Wildman–Crippen LogP) is 1.83. The van der Waals surface area contributed by atoms with E-state index in [-0.39, 0.29) is 0 Å². The summed E-state index contributed by atoms with van der Waals surface area (Å²) in [7, 11) is 1.96. The van der Waals surface area contributed by atoms with Gasteiger partial charge in [0.25, 0.3) is 5.78 Å². The molecular weight excluding hydrogens is 284 g/mol. The van der Waals surface area contributed by atoms with Crippen LogP contribution < -0.4 is 10.6 Å². The molecule has 0 bridgehead atoms. The summed E-state index contributed by atoms with van der Waals surface area (Å²) in [5.74, 6) is 1.47. The molecule has 0 aliphatic heterocycles. The molecule has 2 heterocycles. The Morgan fingerprint density at radius 1 is 1.29 bits per heavy atom. The zero-order valence-electron chi connectivity index (χ0n) is 11.7. The first-order valence-corrected chi connectivity index (χ1v) is 6.78. The summed E-state index contributed by atoms with van der Waals surface area (Å²) in [4.78, 5) is 10.9. The number of nitrogens with zero attached hydrogens (tertiary/aromatic N) is 5. The van der Waals surface area contributed by atoms with Crippen LogP contribution in [0.3, 0.4) is 0 Å². The van der Waals surface area contributed by atoms with Crippen LogP contribution in [0.1, 0.15) is 11.3 Å². The SMILES string of the molecule is Cc1cc(N(C)c2ccc(C(N)=S)cc2)n2ncnc2n1. The summed E-state index contributed by atoms with van der Waals surface area (Å²) < 4.78 is 1.70. The van der Waals surface area contributed by atoms with Gasteiger partial charge in [-0.3, -0.25) is 0 Å². The predicted molar refractivity (Wildman–Crippen MR) is 85.9 cm³/mol. The Morgan fingerprint density at radius 2 is 2.00 bits per heavy atom. The van der Waals surface area contributed by atoms with E-state index in [1.807, 2.05) is 49.2 Å². The highest BCUT2D eigenvalue weighted by molar-refractivity contribution is 7.80. The Balaban J connectivity index is 2.05. The quantitative estimate of drug-likeness (QED) is 0.744. The second kappa shape index (κ2) is 5.10. The molecule has 21 heavy (non-hydrogen) atoms. The molecule has 0 fully saturated rings. The van der Waals surface area contributed by atoms with Gasteiger partial charge in [-0.2, -0.15) is 14.6 Å². The summed E-state index contributed by atoms with van der Waals surface area (Å²) >= 11 is 4.97. The van der Waals surface area contributed by atoms with Crippen molar-refractivity contribution < 1.29 is 0 Å². The lowest BCUT2D eigenvalue weighted by atomic mass is 10.2. The van der Waals surface area contributed by atoms with Crippen LogP contribution in [0.4, 0.5) is 11.5 Å². The Bertz CT molecular complexity index is 808. The fraction of sp³-hybridized carbons (Fsp3) is 0.143. The molecule has 0 aliphatic carbocycles. The third kappa shape index (κ3) is 2.43. The van der Waals surface area contributed by atoms with Gasteiger partial charge >= 0.3 is 0 Å². The van der Waals surface area contributed by atoms with E-state index in [0.29, 0.717) is 10.8 Å². The molecule has 0 amide bonds. The first kappa shape index (κ1) is 13.4. The van der Waals surface area contributed by atoms with Crippen molar-refractivity contribution in [3.8, 4) is 0 Å². The minimum absolute atomic E-state index is 0.391. The van der Waals surface area contributed by atoms with Crippen molar-refractivity contribution in [1.82, 2.24) is 19.6 Å². The van der Waals surface area contributed by atoms with E-state index in [1.165, 1.54) is 6.33 Å². The Kier molecular flexibility index (Phi) is 3.26. The lowest BCUT2D eigenvalue weighted by Crippen LogP contribution is -2.15. The maximum atomic E-state index is 5.62. The number of rotatable bonds is 3. The third-order valence-electron chi connectivity index (χ3n) is 3.24. The zero-order chi connectivity index (χ0) is 15.0. The van der Waals surface area contributed by atoms with Gasteiger partial charge < -0.3 is 10.6 Å². The van der Waals surface area contributed by atoms with Crippen molar-refractivity contribution in [3.05, 3.63) is 47.9 Å². The minimum Gasteiger partial charge on any atom is -0.389 e. The van der Waals surface area contributed by atoms with Gasteiger partial charge in [-0.1, -0.05) is 12.2 Å². The van der Waals surface area contributed by atoms with E-state index in [4.69, 9.17) is 18.0 Å². The van der Waals surface area contributed by atoms with E-state index < -0.39 is 0 Å². The second-order valence-corrected chi connectivity index (χ2v) is 5.14. The van der Waals surface area contributed by atoms with Crippen LogP contribution in [0.5, 0.6) is 0 Å². The van der Waals surface area contributed by atoms with Crippen molar-refractivity contribution in [1.29, 1.82) is 0 Å². The van der Waals surface area contributed by atoms with E-state index in [0.717, 1.165) is 22.8 Å². The third-order valence-corrected chi connectivity index (χ3v) is 3.48. The molecule has 0 atom stereocenters. The van der Waals surface area contributed by atoms with Crippen LogP contribution >= 0.6 is 12.2 Å². The van der Waals surface area contributed by atoms with Gasteiger partial charge in [-0.05, 0) is 31.2 Å². The topological polar surface area (TPSA) is 72.3 Å². The Hall–Kier alpha value is -2.54. The molecule has 6 nitrogen and oxygen atoms in total. The fourth-order valence-corrected chi connectivity index (χ4v) is 2.27. The number of hydrogen-bond donors (Lipinski definition) is 1. The van der Waals surface area contributed by atoms with Crippen molar-refractivity contribution in [2.45, 2.75) is 6.92 Å². The molecule has 3 aromatic rings. The van der Waals surface area contributed by atoms with Gasteiger partial charge in [0.2, 0.25) is 0 Å². The van der Waals surface area contributed by atoms with E-state index in [1.54, 1.807) is 4.52 Å². The van der Waals surface area contributed by atoms with E-state index in [9.17, 15) is 0 Å². The molecule has 2 aromatic heterocycles. The average Bonchev–Trinajstić information content (AvgIpc) is 2.93. The molecule has 0 spiro atoms. The molecule has 2 N–H and O–H groups in total. The number of thiocarbonyl (C=S) groups is 1. The molecule has 0 saturated carbocycles. The van der Waals surface area contributed by atoms with Gasteiger partial charge in [-0.25, -0.2) is 4.98 Å². The molecule has 7 heteroatoms. The summed E-state index contributed by atoms with van der Waals surface area (Å²) in [6.07, 6.45) is 1.50. The number of fused-ring (bicyclic) bond motifs is 1. The van der Waals surface area contributed by atoms with Crippen molar-refractivity contribution in [3.63, 3.8) is 0 Å². The number of benzene rings is 1. The largest absolute Gasteiger partial charge is 0.389 e. The Labute approximate surface area is 127 Å². The number of anilines is 2. The van der Waals surface area contributed by atoms with Crippen LogP contribution in [0.25, 0.3) is 5.78 Å². The zero-order valence-corrected chi connectivity index (χ0v) is 12.5. The van der Waals surface area contributed by atoms with Crippen LogP contribution in [-0.4, -0.2) is 31.6 Å². The first-order chi connectivity index (χ1) is 10.1. The molecule has 106 valence electrons. The molecule has 3 rings (SSSR count). The van der Waals surface area contributed by atoms with Crippen LogP contribution in [0.15, 0.2) is 36.7 Å². The lowest BCUT2D eigenvalue weighted by Gasteiger charge is -2.20. The van der Waals surface area contributed by atoms with Gasteiger partial charge in [0.05, 0.1) is 0 Å². The average molecular weight is 298 g/mol. The van der Waals surface area contributed by atoms with E-state index >= 15 is 0 Å². The van der Waals surface area contributed by atoms with Crippen molar-refractivity contribution in [2.75, 3.05) is 11.9 Å². The highest BCUT2D eigenvalue weighted by Gasteiger charge is 2.11. The number of hydrogen-bond acceptors (Lipinski definition) is 5. The Morgan fingerprint density at radius 3 is 2.67 bits per heavy atom. The van der Waals surface area contributed by atoms with Crippen molar-refractivity contribution >= 4 is 34.5 Å². The molecular formula is C14H14N6S. The molecule has 0 saturated heterocycles. The van der Waals surface area contributed by atoms with E-state index in [2.05, 4.69) is 15.1 Å². The standard InChI is InChI=1S/C14H14N6S/c1-9-7-12(20-14(18-9)16-8-17-20)19(2)11-5-3-10(4-6-11)13(15)21/h3-8H,1-2H3,(H2,15,21). The molecule has 0 radical (unpaired) electrons. The monoisotopic (exact) mass is 298 g/mol. The smallest absolute Gasteiger partial charge is 0.254 e. The number of nitrogens with two attached hydrogens (primary N) is 1. The highest BCUT2D eigenvalue weighted by Crippen LogP contribution is 2.24. The fourth-order valence-electron chi connectivity index (χ4n) is 2.13. The second-order valence-electron chi connectivity index (χ2n) is 4.70. The highest BCUT2D eigenvalue weighted by atomic mass is 32.1. The van der Waals surface area contributed by atoms with Crippen LogP contribution in [0.2, 0.25) is 0 Å². The van der Waals surface area contributed by atoms with Gasteiger partial charge in [0.15, 0.2) is 0 Å². The molecule has 0 unspecified atom stereocenters. The number of aromatic nitrogens is 4. The summed E-state index contributed by atoms with van der Waals surface area (Å²) in [6.45, 7) is 1.93. The lowest BCUT2D eigenvalue weighted by molar-refractivity contribution is 0.903. The first-order valence-electron chi connectivity index (χ1n) is 6.37. The summed E-state index contributed by atoms with van der Waals surface area (Å²) in [6, 6.07) is 9.70. The molecule has 0 aliphatic rings. The van der Waals surface area contributed by atoms with Gasteiger partial charge in [0.1, 0.15) is 17.1 Å². The van der Waals surface area contributed by atoms with Crippen LogP contribution in [-0.2, 0) is 0 Å². The molecule has 1 aromatic carbocycles. The maximum absolute atomic E-state index is 5.62. The summed E-state index contributed by atoms with van der Waals surface area (Å²) in [5, 5.41) is 4.21. The maximum Gasteiger partial charge on any atom is 0.254 e. The number of aryl methyl sites for hydroxylation is 1. The van der Waals surface area contributed by atoms with Crippen LogP contribution in [0, 0.1) is 6.92 Å². The minimum atomic E-state index is 0.391. The van der Waals surface area contributed by atoms with Crippen molar-refractivity contribution in [2.24, 2.45) is 5.73 Å². The van der Waals surface area contributed by atoms with Gasteiger partial charge in [0, 0.05) is 30.1 Å². The normalized spacial score (nSPS) is 10.8.